The highest BCUT2D eigenvalue weighted by Crippen LogP contribution is 1.89. The number of tetrazole rings is 1. The van der Waals surface area contributed by atoms with Crippen LogP contribution in [0.15, 0.2) is 0 Å². The SMILES string of the molecule is CCCCOCCCNC(=O)c1nn[nH]n1. The van der Waals surface area contributed by atoms with E-state index in [1.807, 2.05) is 0 Å². The first-order chi connectivity index (χ1) is 7.84. The van der Waals surface area contributed by atoms with Gasteiger partial charge in [0.05, 0.1) is 0 Å². The molecule has 90 valence electrons. The van der Waals surface area contributed by atoms with E-state index in [-0.39, 0.29) is 11.7 Å². The Morgan fingerprint density at radius 2 is 2.25 bits per heavy atom. The van der Waals surface area contributed by atoms with Crippen molar-refractivity contribution in [1.29, 1.82) is 0 Å². The van der Waals surface area contributed by atoms with E-state index in [4.69, 9.17) is 4.74 Å². The normalized spacial score (nSPS) is 10.3. The summed E-state index contributed by atoms with van der Waals surface area (Å²) in [6.45, 7) is 4.12. The highest BCUT2D eigenvalue weighted by Gasteiger charge is 2.08. The lowest BCUT2D eigenvalue weighted by Gasteiger charge is -2.03. The predicted molar refractivity (Wildman–Crippen MR) is 56.9 cm³/mol. The van der Waals surface area contributed by atoms with Crippen LogP contribution in [0.1, 0.15) is 36.8 Å². The fourth-order valence-electron chi connectivity index (χ4n) is 1.06. The number of carbonyl (C=O) groups is 1. The Morgan fingerprint density at radius 1 is 1.44 bits per heavy atom. The van der Waals surface area contributed by atoms with Crippen LogP contribution in [0.4, 0.5) is 0 Å². The summed E-state index contributed by atoms with van der Waals surface area (Å²) < 4.78 is 5.35. The van der Waals surface area contributed by atoms with E-state index in [2.05, 4.69) is 32.9 Å². The van der Waals surface area contributed by atoms with Crippen LogP contribution in [0.2, 0.25) is 0 Å². The maximum Gasteiger partial charge on any atom is 0.292 e. The van der Waals surface area contributed by atoms with Crippen molar-refractivity contribution in [2.24, 2.45) is 0 Å². The zero-order valence-corrected chi connectivity index (χ0v) is 9.40. The lowest BCUT2D eigenvalue weighted by Crippen LogP contribution is -2.26. The topological polar surface area (TPSA) is 92.8 Å². The van der Waals surface area contributed by atoms with Crippen molar-refractivity contribution in [3.8, 4) is 0 Å². The van der Waals surface area contributed by atoms with Gasteiger partial charge in [-0.3, -0.25) is 4.79 Å². The Morgan fingerprint density at radius 3 is 2.94 bits per heavy atom. The highest BCUT2D eigenvalue weighted by atomic mass is 16.5. The predicted octanol–water partition coefficient (Wildman–Crippen LogP) is 0.136. The second-order valence-electron chi connectivity index (χ2n) is 3.31. The van der Waals surface area contributed by atoms with Gasteiger partial charge in [0.15, 0.2) is 0 Å². The standard InChI is InChI=1S/C9H17N5O2/c1-2-3-6-16-7-4-5-10-9(15)8-11-13-14-12-8/h2-7H2,1H3,(H,10,15)(H,11,12,13,14). The maximum atomic E-state index is 11.3. The Bertz CT molecular complexity index is 288. The first kappa shape index (κ1) is 12.6. The zero-order chi connectivity index (χ0) is 11.6. The van der Waals surface area contributed by atoms with Crippen molar-refractivity contribution in [3.63, 3.8) is 0 Å². The van der Waals surface area contributed by atoms with Gasteiger partial charge in [-0.25, -0.2) is 0 Å². The summed E-state index contributed by atoms with van der Waals surface area (Å²) in [4.78, 5) is 11.3. The molecular weight excluding hydrogens is 210 g/mol. The van der Waals surface area contributed by atoms with Gasteiger partial charge in [-0.15, -0.1) is 10.2 Å². The fourth-order valence-corrected chi connectivity index (χ4v) is 1.06. The molecular formula is C9H17N5O2. The van der Waals surface area contributed by atoms with Gasteiger partial charge in [-0.1, -0.05) is 13.3 Å². The van der Waals surface area contributed by atoms with E-state index in [1.165, 1.54) is 0 Å². The molecule has 1 heterocycles. The van der Waals surface area contributed by atoms with Crippen LogP contribution in [0.25, 0.3) is 0 Å². The quantitative estimate of drug-likeness (QED) is 0.616. The molecule has 0 atom stereocenters. The van der Waals surface area contributed by atoms with Crippen molar-refractivity contribution < 1.29 is 9.53 Å². The highest BCUT2D eigenvalue weighted by molar-refractivity contribution is 5.89. The molecule has 0 radical (unpaired) electrons. The van der Waals surface area contributed by atoms with Crippen LogP contribution in [-0.2, 0) is 4.74 Å². The molecule has 0 aliphatic carbocycles. The third-order valence-corrected chi connectivity index (χ3v) is 1.94. The second kappa shape index (κ2) is 7.75. The number of hydrogen-bond acceptors (Lipinski definition) is 5. The van der Waals surface area contributed by atoms with Crippen LogP contribution in [0, 0.1) is 0 Å². The van der Waals surface area contributed by atoms with E-state index in [1.54, 1.807) is 0 Å². The number of H-pyrrole nitrogens is 1. The molecule has 0 aliphatic rings. The molecule has 7 heteroatoms. The Labute approximate surface area is 93.9 Å². The summed E-state index contributed by atoms with van der Waals surface area (Å²) in [5.41, 5.74) is 0. The fraction of sp³-hybridized carbons (Fsp3) is 0.778. The summed E-state index contributed by atoms with van der Waals surface area (Å²) >= 11 is 0. The van der Waals surface area contributed by atoms with E-state index < -0.39 is 0 Å². The summed E-state index contributed by atoms with van der Waals surface area (Å²) in [5.74, 6) is -0.255. The summed E-state index contributed by atoms with van der Waals surface area (Å²) in [6, 6.07) is 0. The molecule has 7 nitrogen and oxygen atoms in total. The number of nitrogens with one attached hydrogen (secondary N) is 2. The van der Waals surface area contributed by atoms with E-state index >= 15 is 0 Å². The molecule has 0 unspecified atom stereocenters. The summed E-state index contributed by atoms with van der Waals surface area (Å²) in [5, 5.41) is 15.3. The molecule has 1 aromatic rings. The third-order valence-electron chi connectivity index (χ3n) is 1.94. The Kier molecular flexibility index (Phi) is 6.09. The molecule has 1 rings (SSSR count). The molecule has 0 saturated heterocycles. The van der Waals surface area contributed by atoms with Gasteiger partial charge in [0.1, 0.15) is 0 Å². The monoisotopic (exact) mass is 227 g/mol. The molecule has 0 aromatic carbocycles. The molecule has 1 amide bonds. The van der Waals surface area contributed by atoms with Crippen molar-refractivity contribution in [1.82, 2.24) is 25.9 Å². The van der Waals surface area contributed by atoms with E-state index in [0.717, 1.165) is 25.9 Å². The summed E-state index contributed by atoms with van der Waals surface area (Å²) in [7, 11) is 0. The first-order valence-electron chi connectivity index (χ1n) is 5.44. The van der Waals surface area contributed by atoms with E-state index in [0.29, 0.717) is 13.2 Å². The molecule has 2 N–H and O–H groups in total. The number of aromatic nitrogens is 4. The molecule has 1 aromatic heterocycles. The Hall–Kier alpha value is -1.50. The molecule has 0 aliphatic heterocycles. The van der Waals surface area contributed by atoms with Crippen LogP contribution in [0.3, 0.4) is 0 Å². The number of ether oxygens (including phenoxy) is 1. The smallest absolute Gasteiger partial charge is 0.292 e. The van der Waals surface area contributed by atoms with E-state index in [9.17, 15) is 4.79 Å². The molecule has 0 saturated carbocycles. The van der Waals surface area contributed by atoms with Crippen LogP contribution >= 0.6 is 0 Å². The van der Waals surface area contributed by atoms with Gasteiger partial charge in [0.2, 0.25) is 0 Å². The average Bonchev–Trinajstić information content (AvgIpc) is 2.81. The van der Waals surface area contributed by atoms with Crippen LogP contribution in [-0.4, -0.2) is 46.3 Å². The second-order valence-corrected chi connectivity index (χ2v) is 3.31. The zero-order valence-electron chi connectivity index (χ0n) is 9.40. The molecule has 0 spiro atoms. The number of aromatic amines is 1. The third kappa shape index (κ3) is 4.83. The minimum Gasteiger partial charge on any atom is -0.381 e. The van der Waals surface area contributed by atoms with Gasteiger partial charge in [-0.05, 0) is 18.1 Å². The number of hydrogen-bond donors (Lipinski definition) is 2. The van der Waals surface area contributed by atoms with Gasteiger partial charge >= 0.3 is 0 Å². The van der Waals surface area contributed by atoms with Gasteiger partial charge in [-0.2, -0.15) is 5.21 Å². The van der Waals surface area contributed by atoms with Gasteiger partial charge in [0.25, 0.3) is 11.7 Å². The summed E-state index contributed by atoms with van der Waals surface area (Å²) in [6.07, 6.45) is 3.00. The number of amides is 1. The van der Waals surface area contributed by atoms with Gasteiger partial charge in [0, 0.05) is 19.8 Å². The average molecular weight is 227 g/mol. The van der Waals surface area contributed by atoms with Crippen molar-refractivity contribution in [2.45, 2.75) is 26.2 Å². The number of rotatable bonds is 8. The van der Waals surface area contributed by atoms with Gasteiger partial charge < -0.3 is 10.1 Å². The van der Waals surface area contributed by atoms with Crippen molar-refractivity contribution >= 4 is 5.91 Å². The largest absolute Gasteiger partial charge is 0.381 e. The lowest BCUT2D eigenvalue weighted by atomic mass is 10.3. The number of nitrogens with zero attached hydrogens (tertiary/aromatic N) is 3. The maximum absolute atomic E-state index is 11.3. The molecule has 0 fully saturated rings. The minimum absolute atomic E-state index is 0.0619. The Balaban J connectivity index is 1.97. The lowest BCUT2D eigenvalue weighted by molar-refractivity contribution is 0.0930. The molecule has 0 bridgehead atoms. The van der Waals surface area contributed by atoms with Crippen LogP contribution in [0.5, 0.6) is 0 Å². The number of carbonyl (C=O) groups excluding carboxylic acids is 1. The first-order valence-corrected chi connectivity index (χ1v) is 5.44. The minimum atomic E-state index is -0.317. The number of unbranched alkanes of at least 4 members (excludes halogenated alkanes) is 1. The van der Waals surface area contributed by atoms with Crippen molar-refractivity contribution in [2.75, 3.05) is 19.8 Å². The van der Waals surface area contributed by atoms with Crippen LogP contribution < -0.4 is 5.32 Å². The van der Waals surface area contributed by atoms with Crippen molar-refractivity contribution in [3.05, 3.63) is 5.82 Å². The molecule has 16 heavy (non-hydrogen) atoms.